The second-order valence-corrected chi connectivity index (χ2v) is 7.32. The van der Waals surface area contributed by atoms with Gasteiger partial charge in [0.05, 0.1) is 18.1 Å². The molecule has 0 saturated carbocycles. The molecule has 2 heterocycles. The van der Waals surface area contributed by atoms with Crippen molar-refractivity contribution in [1.82, 2.24) is 19.9 Å². The molecule has 0 aliphatic heterocycles. The van der Waals surface area contributed by atoms with Gasteiger partial charge >= 0.3 is 0 Å². The number of benzene rings is 1. The van der Waals surface area contributed by atoms with Gasteiger partial charge in [0.15, 0.2) is 0 Å². The zero-order valence-corrected chi connectivity index (χ0v) is 15.9. The van der Waals surface area contributed by atoms with Crippen molar-refractivity contribution in [1.29, 1.82) is 0 Å². The van der Waals surface area contributed by atoms with E-state index >= 15 is 0 Å². The lowest BCUT2D eigenvalue weighted by atomic mass is 10.1. The predicted molar refractivity (Wildman–Crippen MR) is 97.8 cm³/mol. The molecule has 0 saturated heterocycles. The molecule has 0 bridgehead atoms. The van der Waals surface area contributed by atoms with Gasteiger partial charge < -0.3 is 10.1 Å². The van der Waals surface area contributed by atoms with Gasteiger partial charge in [0, 0.05) is 17.8 Å². The van der Waals surface area contributed by atoms with Crippen LogP contribution in [0.3, 0.4) is 0 Å². The molecule has 0 aliphatic carbocycles. The minimum atomic E-state index is -0.146. The van der Waals surface area contributed by atoms with E-state index in [1.54, 1.807) is 7.11 Å². The van der Waals surface area contributed by atoms with E-state index in [0.29, 0.717) is 17.2 Å². The van der Waals surface area contributed by atoms with E-state index in [1.807, 2.05) is 25.1 Å². The molecule has 0 spiro atoms. The molecule has 24 heavy (non-hydrogen) atoms. The van der Waals surface area contributed by atoms with Gasteiger partial charge in [-0.25, -0.2) is 4.98 Å². The van der Waals surface area contributed by atoms with Crippen LogP contribution in [0.2, 0.25) is 0 Å². The van der Waals surface area contributed by atoms with Crippen LogP contribution < -0.4 is 15.6 Å². The number of nitrogens with zero attached hydrogens (tertiary/aromatic N) is 3. The van der Waals surface area contributed by atoms with Crippen molar-refractivity contribution in [2.45, 2.75) is 26.4 Å². The number of hydrogen-bond acceptors (Lipinski definition) is 6. The van der Waals surface area contributed by atoms with Crippen LogP contribution in [-0.4, -0.2) is 21.7 Å². The van der Waals surface area contributed by atoms with Gasteiger partial charge in [-0.3, -0.25) is 4.79 Å². The van der Waals surface area contributed by atoms with Crippen LogP contribution in [0, 0.1) is 6.92 Å². The average Bonchev–Trinajstić information content (AvgIpc) is 2.95. The Balaban J connectivity index is 1.74. The summed E-state index contributed by atoms with van der Waals surface area (Å²) < 4.78 is 7.52. The number of rotatable bonds is 5. The molecule has 0 amide bonds. The zero-order chi connectivity index (χ0) is 17.3. The number of aromatic nitrogens is 3. The van der Waals surface area contributed by atoms with Crippen LogP contribution in [0.25, 0.3) is 4.96 Å². The summed E-state index contributed by atoms with van der Waals surface area (Å²) in [6.45, 7) is 4.45. The normalized spacial score (nSPS) is 12.5. The number of hydrogen-bond donors (Lipinski definition) is 1. The molecule has 126 valence electrons. The smallest absolute Gasteiger partial charge is 0.275 e. The molecule has 3 aromatic rings. The highest BCUT2D eigenvalue weighted by Gasteiger charge is 2.11. The molecule has 0 fully saturated rings. The highest BCUT2D eigenvalue weighted by atomic mass is 79.9. The minimum Gasteiger partial charge on any atom is -0.496 e. The first-order valence-corrected chi connectivity index (χ1v) is 9.02. The van der Waals surface area contributed by atoms with Crippen molar-refractivity contribution in [3.8, 4) is 5.75 Å². The van der Waals surface area contributed by atoms with E-state index in [2.05, 4.69) is 38.3 Å². The first-order chi connectivity index (χ1) is 11.5. The van der Waals surface area contributed by atoms with Crippen molar-refractivity contribution >= 4 is 32.2 Å². The molecule has 2 aromatic heterocycles. The average molecular weight is 409 g/mol. The van der Waals surface area contributed by atoms with Gasteiger partial charge in [0.1, 0.15) is 10.8 Å². The largest absolute Gasteiger partial charge is 0.496 e. The van der Waals surface area contributed by atoms with Crippen LogP contribution in [-0.2, 0) is 6.54 Å². The van der Waals surface area contributed by atoms with Crippen LogP contribution in [0.15, 0.2) is 33.5 Å². The third-order valence-corrected chi connectivity index (χ3v) is 5.18. The lowest BCUT2D eigenvalue weighted by Crippen LogP contribution is -2.19. The van der Waals surface area contributed by atoms with E-state index in [9.17, 15) is 4.79 Å². The Morgan fingerprint density at radius 2 is 2.21 bits per heavy atom. The van der Waals surface area contributed by atoms with Crippen molar-refractivity contribution in [2.24, 2.45) is 0 Å². The quantitative estimate of drug-likeness (QED) is 0.702. The highest BCUT2D eigenvalue weighted by Crippen LogP contribution is 2.28. The highest BCUT2D eigenvalue weighted by molar-refractivity contribution is 9.10. The second kappa shape index (κ2) is 7.00. The molecule has 6 nitrogen and oxygen atoms in total. The fourth-order valence-corrected chi connectivity index (χ4v) is 3.80. The maximum atomic E-state index is 11.9. The fourth-order valence-electron chi connectivity index (χ4n) is 2.34. The molecule has 0 aliphatic rings. The topological polar surface area (TPSA) is 68.5 Å². The summed E-state index contributed by atoms with van der Waals surface area (Å²) in [4.78, 5) is 16.9. The van der Waals surface area contributed by atoms with Gasteiger partial charge in [0.25, 0.3) is 5.56 Å². The minimum absolute atomic E-state index is 0.130. The Hall–Kier alpha value is -1.77. The number of aryl methyl sites for hydroxylation is 1. The third-order valence-electron chi connectivity index (χ3n) is 3.65. The molecule has 1 atom stereocenters. The molecular weight excluding hydrogens is 392 g/mol. The summed E-state index contributed by atoms with van der Waals surface area (Å²) in [6, 6.07) is 7.60. The predicted octanol–water partition coefficient (Wildman–Crippen LogP) is 3.08. The van der Waals surface area contributed by atoms with Crippen molar-refractivity contribution < 1.29 is 4.74 Å². The van der Waals surface area contributed by atoms with E-state index < -0.39 is 0 Å². The van der Waals surface area contributed by atoms with E-state index in [4.69, 9.17) is 4.74 Å². The second-order valence-electron chi connectivity index (χ2n) is 5.42. The van der Waals surface area contributed by atoms with E-state index in [1.165, 1.54) is 21.9 Å². The van der Waals surface area contributed by atoms with Crippen LogP contribution >= 0.6 is 27.3 Å². The Morgan fingerprint density at radius 3 is 2.92 bits per heavy atom. The summed E-state index contributed by atoms with van der Waals surface area (Å²) in [5, 5.41) is 8.57. The molecule has 1 aromatic carbocycles. The molecule has 0 radical (unpaired) electrons. The summed E-state index contributed by atoms with van der Waals surface area (Å²) in [7, 11) is 1.65. The first-order valence-electron chi connectivity index (χ1n) is 7.41. The van der Waals surface area contributed by atoms with Gasteiger partial charge in [-0.1, -0.05) is 17.4 Å². The molecule has 3 rings (SSSR count). The standard InChI is InChI=1S/C16H17BrN4O2S/c1-9-6-15(22)21-16(19-9)24-14(20-21)8-18-10(2)11-4-5-13(23-3)12(17)7-11/h4-7,10,18H,8H2,1-3H3. The number of methoxy groups -OCH3 is 1. The van der Waals surface area contributed by atoms with Gasteiger partial charge in [0.2, 0.25) is 4.96 Å². The monoisotopic (exact) mass is 408 g/mol. The third kappa shape index (κ3) is 3.50. The van der Waals surface area contributed by atoms with Crippen molar-refractivity contribution in [3.05, 3.63) is 55.4 Å². The molecule has 1 unspecified atom stereocenters. The fraction of sp³-hybridized carbons (Fsp3) is 0.312. The van der Waals surface area contributed by atoms with Crippen molar-refractivity contribution in [3.63, 3.8) is 0 Å². The summed E-state index contributed by atoms with van der Waals surface area (Å²) >= 11 is 4.92. The number of nitrogens with one attached hydrogen (secondary N) is 1. The summed E-state index contributed by atoms with van der Waals surface area (Å²) in [5.41, 5.74) is 1.70. The maximum Gasteiger partial charge on any atom is 0.275 e. The van der Waals surface area contributed by atoms with Crippen LogP contribution in [0.1, 0.15) is 29.2 Å². The van der Waals surface area contributed by atoms with Crippen LogP contribution in [0.4, 0.5) is 0 Å². The van der Waals surface area contributed by atoms with E-state index in [0.717, 1.165) is 20.8 Å². The molecule has 1 N–H and O–H groups in total. The summed E-state index contributed by atoms with van der Waals surface area (Å²) in [6.07, 6.45) is 0. The van der Waals surface area contributed by atoms with Crippen molar-refractivity contribution in [2.75, 3.05) is 7.11 Å². The Labute approximate surface area is 151 Å². The molecule has 8 heteroatoms. The zero-order valence-electron chi connectivity index (χ0n) is 13.5. The SMILES string of the molecule is COc1ccc(C(C)NCc2nn3c(=O)cc(C)nc3s2)cc1Br. The lowest BCUT2D eigenvalue weighted by molar-refractivity contribution is 0.411. The van der Waals surface area contributed by atoms with Crippen LogP contribution in [0.5, 0.6) is 5.75 Å². The maximum absolute atomic E-state index is 11.9. The Kier molecular flexibility index (Phi) is 4.98. The Bertz CT molecular complexity index is 937. The van der Waals surface area contributed by atoms with Gasteiger partial charge in [-0.15, -0.1) is 0 Å². The summed E-state index contributed by atoms with van der Waals surface area (Å²) in [5.74, 6) is 0.804. The number of ether oxygens (including phenoxy) is 1. The number of halogens is 1. The lowest BCUT2D eigenvalue weighted by Gasteiger charge is -2.14. The molecular formula is C16H17BrN4O2S. The van der Waals surface area contributed by atoms with Gasteiger partial charge in [-0.05, 0) is 47.5 Å². The van der Waals surface area contributed by atoms with Gasteiger partial charge in [-0.2, -0.15) is 9.61 Å². The Morgan fingerprint density at radius 1 is 1.42 bits per heavy atom. The van der Waals surface area contributed by atoms with E-state index in [-0.39, 0.29) is 11.6 Å². The first kappa shape index (κ1) is 17.1. The number of fused-ring (bicyclic) bond motifs is 1.